The van der Waals surface area contributed by atoms with Gasteiger partial charge < -0.3 is 10.6 Å². The Morgan fingerprint density at radius 2 is 1.84 bits per heavy atom. The summed E-state index contributed by atoms with van der Waals surface area (Å²) in [5.74, 6) is -0.300. The Labute approximate surface area is 160 Å². The Bertz CT molecular complexity index is 890. The van der Waals surface area contributed by atoms with Crippen molar-refractivity contribution in [3.05, 3.63) is 58.8 Å². The van der Waals surface area contributed by atoms with Crippen LogP contribution in [0.3, 0.4) is 0 Å². The molecule has 128 valence electrons. The predicted molar refractivity (Wildman–Crippen MR) is 103 cm³/mol. The fourth-order valence-electron chi connectivity index (χ4n) is 1.87. The molecule has 2 N–H and O–H groups in total. The molecule has 0 atom stereocenters. The van der Waals surface area contributed by atoms with Gasteiger partial charge in [-0.05, 0) is 40.2 Å². The molecule has 2 aromatic carbocycles. The molecule has 0 unspecified atom stereocenters. The predicted octanol–water partition coefficient (Wildman–Crippen LogP) is 4.91. The van der Waals surface area contributed by atoms with E-state index >= 15 is 0 Å². The van der Waals surface area contributed by atoms with E-state index in [1.165, 1.54) is 29.2 Å². The van der Waals surface area contributed by atoms with Crippen LogP contribution in [0.15, 0.2) is 57.3 Å². The van der Waals surface area contributed by atoms with Gasteiger partial charge in [0, 0.05) is 4.47 Å². The molecular weight excluding hydrogens is 427 g/mol. The number of benzene rings is 2. The van der Waals surface area contributed by atoms with E-state index in [1.54, 1.807) is 18.2 Å². The number of halogens is 2. The van der Waals surface area contributed by atoms with Crippen LogP contribution in [0.1, 0.15) is 0 Å². The number of aromatic nitrogens is 2. The lowest BCUT2D eigenvalue weighted by molar-refractivity contribution is -0.113. The topological polar surface area (TPSA) is 66.9 Å². The first kappa shape index (κ1) is 17.8. The Morgan fingerprint density at radius 1 is 1.12 bits per heavy atom. The van der Waals surface area contributed by atoms with Crippen LogP contribution in [0, 0.1) is 5.82 Å². The lowest BCUT2D eigenvalue weighted by Crippen LogP contribution is -2.14. The molecule has 0 aliphatic carbocycles. The molecular formula is C16H12BrFN4OS2. The molecule has 5 nitrogen and oxygen atoms in total. The van der Waals surface area contributed by atoms with Crippen molar-refractivity contribution in [2.24, 2.45) is 0 Å². The number of amides is 1. The minimum absolute atomic E-state index is 0.143. The summed E-state index contributed by atoms with van der Waals surface area (Å²) in [5, 5.41) is 14.1. The van der Waals surface area contributed by atoms with Crippen LogP contribution in [-0.4, -0.2) is 21.9 Å². The molecule has 9 heteroatoms. The largest absolute Gasteiger partial charge is 0.328 e. The summed E-state index contributed by atoms with van der Waals surface area (Å²) in [4.78, 5) is 12.0. The maximum atomic E-state index is 13.6. The third kappa shape index (κ3) is 5.00. The van der Waals surface area contributed by atoms with Crippen molar-refractivity contribution in [3.63, 3.8) is 0 Å². The van der Waals surface area contributed by atoms with Crippen LogP contribution < -0.4 is 10.6 Å². The van der Waals surface area contributed by atoms with Gasteiger partial charge in [0.25, 0.3) is 0 Å². The maximum Gasteiger partial charge on any atom is 0.234 e. The molecule has 3 aromatic rings. The van der Waals surface area contributed by atoms with Crippen molar-refractivity contribution in [3.8, 4) is 0 Å². The lowest BCUT2D eigenvalue weighted by Gasteiger charge is -2.05. The monoisotopic (exact) mass is 438 g/mol. The third-order valence-corrected chi connectivity index (χ3v) is 5.66. The number of para-hydroxylation sites is 2. The molecule has 0 saturated heterocycles. The van der Waals surface area contributed by atoms with Gasteiger partial charge >= 0.3 is 0 Å². The minimum Gasteiger partial charge on any atom is -0.328 e. The molecule has 3 rings (SSSR count). The first-order chi connectivity index (χ1) is 12.1. The van der Waals surface area contributed by atoms with Gasteiger partial charge in [-0.25, -0.2) is 4.39 Å². The normalized spacial score (nSPS) is 10.5. The number of carbonyl (C=O) groups is 1. The molecule has 1 amide bonds. The van der Waals surface area contributed by atoms with E-state index < -0.39 is 0 Å². The van der Waals surface area contributed by atoms with Gasteiger partial charge in [-0.1, -0.05) is 47.4 Å². The zero-order chi connectivity index (χ0) is 17.6. The second-order valence-corrected chi connectivity index (χ2v) is 7.85. The van der Waals surface area contributed by atoms with E-state index in [9.17, 15) is 9.18 Å². The number of thioether (sulfide) groups is 1. The van der Waals surface area contributed by atoms with Gasteiger partial charge in [0.2, 0.25) is 11.0 Å². The van der Waals surface area contributed by atoms with Crippen molar-refractivity contribution in [1.82, 2.24) is 10.2 Å². The molecule has 0 aliphatic rings. The van der Waals surface area contributed by atoms with Crippen molar-refractivity contribution in [2.75, 3.05) is 16.4 Å². The minimum atomic E-state index is -0.361. The number of hydrogen-bond donors (Lipinski definition) is 2. The Balaban J connectivity index is 1.54. The highest BCUT2D eigenvalue weighted by Crippen LogP contribution is 2.29. The molecule has 0 bridgehead atoms. The Morgan fingerprint density at radius 3 is 2.60 bits per heavy atom. The summed E-state index contributed by atoms with van der Waals surface area (Å²) < 4.78 is 15.1. The summed E-state index contributed by atoms with van der Waals surface area (Å²) in [7, 11) is 0. The average Bonchev–Trinajstić information content (AvgIpc) is 3.05. The highest BCUT2D eigenvalue weighted by atomic mass is 79.9. The van der Waals surface area contributed by atoms with Crippen LogP contribution in [0.2, 0.25) is 0 Å². The van der Waals surface area contributed by atoms with E-state index in [4.69, 9.17) is 0 Å². The quantitative estimate of drug-likeness (QED) is 0.534. The van der Waals surface area contributed by atoms with Crippen LogP contribution in [-0.2, 0) is 4.79 Å². The maximum absolute atomic E-state index is 13.6. The second kappa shape index (κ2) is 8.41. The van der Waals surface area contributed by atoms with E-state index in [-0.39, 0.29) is 17.5 Å². The molecule has 1 heterocycles. The van der Waals surface area contributed by atoms with Crippen LogP contribution >= 0.6 is 39.0 Å². The fraction of sp³-hybridized carbons (Fsp3) is 0.0625. The molecule has 0 radical (unpaired) electrons. The number of nitrogens with one attached hydrogen (secondary N) is 2. The van der Waals surface area contributed by atoms with Gasteiger partial charge in [-0.15, -0.1) is 10.2 Å². The molecule has 0 saturated carbocycles. The number of nitrogens with zero attached hydrogens (tertiary/aromatic N) is 2. The van der Waals surface area contributed by atoms with E-state index in [0.29, 0.717) is 20.8 Å². The smallest absolute Gasteiger partial charge is 0.234 e. The van der Waals surface area contributed by atoms with Gasteiger partial charge in [-0.2, -0.15) is 0 Å². The summed E-state index contributed by atoms with van der Waals surface area (Å²) in [6.45, 7) is 0. The molecule has 1 aromatic heterocycles. The first-order valence-electron chi connectivity index (χ1n) is 7.14. The van der Waals surface area contributed by atoms with Crippen molar-refractivity contribution < 1.29 is 9.18 Å². The third-order valence-electron chi connectivity index (χ3n) is 3.00. The van der Waals surface area contributed by atoms with E-state index in [2.05, 4.69) is 36.8 Å². The zero-order valence-corrected chi connectivity index (χ0v) is 15.9. The second-order valence-electron chi connectivity index (χ2n) is 4.79. The number of hydrogen-bond acceptors (Lipinski definition) is 6. The van der Waals surface area contributed by atoms with Gasteiger partial charge in [0.15, 0.2) is 4.34 Å². The van der Waals surface area contributed by atoms with Crippen LogP contribution in [0.4, 0.5) is 20.9 Å². The summed E-state index contributed by atoms with van der Waals surface area (Å²) in [6, 6.07) is 13.7. The number of carbonyl (C=O) groups excluding carboxylic acids is 1. The van der Waals surface area contributed by atoms with Gasteiger partial charge in [0.1, 0.15) is 5.82 Å². The number of anilines is 3. The van der Waals surface area contributed by atoms with Crippen molar-refractivity contribution in [1.29, 1.82) is 0 Å². The zero-order valence-electron chi connectivity index (χ0n) is 12.7. The van der Waals surface area contributed by atoms with E-state index in [0.717, 1.165) is 4.47 Å². The molecule has 0 fully saturated rings. The Hall–Kier alpha value is -1.97. The Kier molecular flexibility index (Phi) is 6.00. The highest BCUT2D eigenvalue weighted by molar-refractivity contribution is 9.10. The lowest BCUT2D eigenvalue weighted by atomic mass is 10.3. The van der Waals surface area contributed by atoms with Gasteiger partial charge in [0.05, 0.1) is 17.1 Å². The summed E-state index contributed by atoms with van der Waals surface area (Å²) in [6.07, 6.45) is 0. The van der Waals surface area contributed by atoms with Crippen LogP contribution in [0.25, 0.3) is 0 Å². The van der Waals surface area contributed by atoms with Crippen LogP contribution in [0.5, 0.6) is 0 Å². The first-order valence-corrected chi connectivity index (χ1v) is 9.73. The van der Waals surface area contributed by atoms with Crippen molar-refractivity contribution >= 4 is 61.4 Å². The van der Waals surface area contributed by atoms with Gasteiger partial charge in [-0.3, -0.25) is 4.79 Å². The standard InChI is InChI=1S/C16H12BrFN4OS2/c17-10-5-1-3-7-12(10)19-14(23)9-24-16-22-21-15(25-16)20-13-8-4-2-6-11(13)18/h1-8H,9H2,(H,19,23)(H,20,21). The molecule has 25 heavy (non-hydrogen) atoms. The highest BCUT2D eigenvalue weighted by Gasteiger charge is 2.10. The summed E-state index contributed by atoms with van der Waals surface area (Å²) >= 11 is 5.92. The average molecular weight is 439 g/mol. The van der Waals surface area contributed by atoms with Crippen molar-refractivity contribution in [2.45, 2.75) is 4.34 Å². The van der Waals surface area contributed by atoms with E-state index in [1.807, 2.05) is 24.3 Å². The fourth-order valence-corrected chi connectivity index (χ4v) is 3.82. The summed E-state index contributed by atoms with van der Waals surface area (Å²) in [5.41, 5.74) is 1.05. The molecule has 0 aliphatic heterocycles. The SMILES string of the molecule is O=C(CSc1nnc(Nc2ccccc2F)s1)Nc1ccccc1Br. The molecule has 0 spiro atoms. The number of rotatable bonds is 6.